The minimum Gasteiger partial charge on any atom is -0.355 e. The number of aromatic nitrogens is 1. The number of piperidine rings is 1. The molecule has 1 aromatic carbocycles. The maximum Gasteiger partial charge on any atom is 0.236 e. The van der Waals surface area contributed by atoms with E-state index in [0.717, 1.165) is 12.0 Å². The van der Waals surface area contributed by atoms with Crippen LogP contribution >= 0.6 is 0 Å². The summed E-state index contributed by atoms with van der Waals surface area (Å²) in [7, 11) is -3.73. The third kappa shape index (κ3) is 6.41. The van der Waals surface area contributed by atoms with E-state index in [4.69, 9.17) is 0 Å². The van der Waals surface area contributed by atoms with Crippen molar-refractivity contribution in [2.24, 2.45) is 5.92 Å². The second-order valence-electron chi connectivity index (χ2n) is 8.56. The van der Waals surface area contributed by atoms with Crippen LogP contribution < -0.4 is 9.62 Å². The van der Waals surface area contributed by atoms with Crippen LogP contribution in [-0.4, -0.2) is 43.9 Å². The first-order valence-electron chi connectivity index (χ1n) is 11.5. The average Bonchev–Trinajstić information content (AvgIpc) is 2.83. The van der Waals surface area contributed by atoms with E-state index < -0.39 is 21.8 Å². The van der Waals surface area contributed by atoms with Gasteiger partial charge in [-0.3, -0.25) is 14.3 Å². The van der Waals surface area contributed by atoms with Crippen LogP contribution in [0.3, 0.4) is 0 Å². The van der Waals surface area contributed by atoms with Gasteiger partial charge in [0.2, 0.25) is 15.9 Å². The van der Waals surface area contributed by atoms with E-state index >= 15 is 0 Å². The van der Waals surface area contributed by atoms with Gasteiger partial charge >= 0.3 is 0 Å². The van der Waals surface area contributed by atoms with Gasteiger partial charge < -0.3 is 4.90 Å². The van der Waals surface area contributed by atoms with E-state index in [2.05, 4.69) is 15.8 Å². The number of Topliss-reactive ketones (excluding diaryl/α,β-unsaturated/α-hetero) is 1. The summed E-state index contributed by atoms with van der Waals surface area (Å²) in [6.07, 6.45) is 2.35. The van der Waals surface area contributed by atoms with Crippen LogP contribution in [0.25, 0.3) is 0 Å². The molecule has 0 spiro atoms. The SMILES string of the molecule is CCCC(=O)c1cc(C#N)c(N2CCC(C(=O)NS(=O)(=O)CCc3ccccc3)CC2)nc1C. The molecule has 1 aromatic heterocycles. The number of hydrogen-bond donors (Lipinski definition) is 1. The quantitative estimate of drug-likeness (QED) is 0.545. The molecule has 1 aliphatic heterocycles. The summed E-state index contributed by atoms with van der Waals surface area (Å²) in [5, 5.41) is 9.62. The van der Waals surface area contributed by atoms with Crippen molar-refractivity contribution in [2.75, 3.05) is 23.7 Å². The van der Waals surface area contributed by atoms with Gasteiger partial charge in [-0.15, -0.1) is 0 Å². The number of carbonyl (C=O) groups is 2. The summed E-state index contributed by atoms with van der Waals surface area (Å²) in [6, 6.07) is 13.0. The average molecular weight is 483 g/mol. The fourth-order valence-electron chi connectivity index (χ4n) is 4.10. The van der Waals surface area contributed by atoms with Crippen molar-refractivity contribution in [3.63, 3.8) is 0 Å². The van der Waals surface area contributed by atoms with Crippen molar-refractivity contribution >= 4 is 27.5 Å². The molecule has 3 rings (SSSR count). The van der Waals surface area contributed by atoms with Crippen molar-refractivity contribution in [3.8, 4) is 6.07 Å². The molecule has 0 unspecified atom stereocenters. The molecule has 0 aliphatic carbocycles. The van der Waals surface area contributed by atoms with Crippen molar-refractivity contribution in [3.05, 3.63) is 58.8 Å². The molecule has 8 nitrogen and oxygen atoms in total. The second kappa shape index (κ2) is 11.3. The van der Waals surface area contributed by atoms with Crippen LogP contribution in [0.4, 0.5) is 5.82 Å². The molecule has 0 bridgehead atoms. The molecule has 2 aromatic rings. The number of anilines is 1. The smallest absolute Gasteiger partial charge is 0.236 e. The van der Waals surface area contributed by atoms with Crippen LogP contribution in [0, 0.1) is 24.2 Å². The Morgan fingerprint density at radius 1 is 1.21 bits per heavy atom. The van der Waals surface area contributed by atoms with E-state index in [1.807, 2.05) is 42.2 Å². The molecule has 180 valence electrons. The Kier molecular flexibility index (Phi) is 8.40. The molecular formula is C25H30N4O4S. The molecule has 0 atom stereocenters. The van der Waals surface area contributed by atoms with Crippen molar-refractivity contribution in [1.82, 2.24) is 9.71 Å². The van der Waals surface area contributed by atoms with Crippen LogP contribution in [0.1, 0.15) is 59.8 Å². The summed E-state index contributed by atoms with van der Waals surface area (Å²) in [5.41, 5.74) is 2.28. The molecular weight excluding hydrogens is 452 g/mol. The predicted octanol–water partition coefficient (Wildman–Crippen LogP) is 3.15. The standard InChI is InChI=1S/C25H30N4O4S/c1-3-7-23(30)22-16-21(17-26)24(27-18(22)2)29-13-10-20(11-14-29)25(31)28-34(32,33)15-12-19-8-5-4-6-9-19/h4-6,8-9,16,20H,3,7,10-15H2,1-2H3,(H,28,31). The summed E-state index contributed by atoms with van der Waals surface area (Å²) >= 11 is 0. The van der Waals surface area contributed by atoms with Gasteiger partial charge in [-0.25, -0.2) is 13.4 Å². The Bertz CT molecular complexity index is 1180. The molecule has 1 N–H and O–H groups in total. The number of nitriles is 1. The lowest BCUT2D eigenvalue weighted by molar-refractivity contribution is -0.123. The number of sulfonamides is 1. The first-order valence-corrected chi connectivity index (χ1v) is 13.2. The number of nitrogens with one attached hydrogen (secondary N) is 1. The van der Waals surface area contributed by atoms with Gasteiger partial charge in [0.15, 0.2) is 5.78 Å². The number of rotatable bonds is 9. The highest BCUT2D eigenvalue weighted by Crippen LogP contribution is 2.27. The monoisotopic (exact) mass is 482 g/mol. The van der Waals surface area contributed by atoms with Crippen LogP contribution in [0.5, 0.6) is 0 Å². The lowest BCUT2D eigenvalue weighted by Gasteiger charge is -2.32. The molecule has 34 heavy (non-hydrogen) atoms. The molecule has 0 saturated carbocycles. The number of carbonyl (C=O) groups excluding carboxylic acids is 2. The third-order valence-electron chi connectivity index (χ3n) is 6.01. The Hall–Kier alpha value is -3.25. The van der Waals surface area contributed by atoms with E-state index in [-0.39, 0.29) is 11.5 Å². The van der Waals surface area contributed by atoms with Crippen molar-refractivity contribution in [2.45, 2.75) is 46.0 Å². The molecule has 1 aliphatic rings. The van der Waals surface area contributed by atoms with Crippen LogP contribution in [-0.2, 0) is 21.2 Å². The van der Waals surface area contributed by atoms with E-state index in [1.54, 1.807) is 13.0 Å². The van der Waals surface area contributed by atoms with Gasteiger partial charge in [-0.1, -0.05) is 37.3 Å². The van der Waals surface area contributed by atoms with E-state index in [0.29, 0.717) is 61.4 Å². The van der Waals surface area contributed by atoms with Gasteiger partial charge in [0.25, 0.3) is 0 Å². The summed E-state index contributed by atoms with van der Waals surface area (Å²) in [4.78, 5) is 31.4. The van der Waals surface area contributed by atoms with Crippen LogP contribution in [0.2, 0.25) is 0 Å². The van der Waals surface area contributed by atoms with Crippen LogP contribution in [0.15, 0.2) is 36.4 Å². The summed E-state index contributed by atoms with van der Waals surface area (Å²) in [6.45, 7) is 4.61. The number of ketones is 1. The number of nitrogens with zero attached hydrogens (tertiary/aromatic N) is 3. The molecule has 1 saturated heterocycles. The Balaban J connectivity index is 1.60. The highest BCUT2D eigenvalue weighted by molar-refractivity contribution is 7.90. The minimum atomic E-state index is -3.73. The highest BCUT2D eigenvalue weighted by atomic mass is 32.2. The normalized spacial score (nSPS) is 14.4. The number of pyridine rings is 1. The lowest BCUT2D eigenvalue weighted by Crippen LogP contribution is -2.43. The van der Waals surface area contributed by atoms with Crippen molar-refractivity contribution in [1.29, 1.82) is 5.26 Å². The zero-order valence-corrected chi connectivity index (χ0v) is 20.4. The first-order chi connectivity index (χ1) is 16.2. The molecule has 0 radical (unpaired) electrons. The summed E-state index contributed by atoms with van der Waals surface area (Å²) < 4.78 is 27.0. The van der Waals surface area contributed by atoms with Gasteiger partial charge in [0.1, 0.15) is 11.9 Å². The Labute approximate surface area is 201 Å². The number of hydrogen-bond acceptors (Lipinski definition) is 7. The zero-order chi connectivity index (χ0) is 24.7. The first kappa shape index (κ1) is 25.4. The van der Waals surface area contributed by atoms with E-state index in [9.17, 15) is 23.3 Å². The third-order valence-corrected chi connectivity index (χ3v) is 7.27. The molecule has 1 fully saturated rings. The molecule has 1 amide bonds. The maximum absolute atomic E-state index is 12.6. The molecule has 9 heteroatoms. The largest absolute Gasteiger partial charge is 0.355 e. The maximum atomic E-state index is 12.6. The zero-order valence-electron chi connectivity index (χ0n) is 19.6. The van der Waals surface area contributed by atoms with Crippen molar-refractivity contribution < 1.29 is 18.0 Å². The Morgan fingerprint density at radius 3 is 2.50 bits per heavy atom. The lowest BCUT2D eigenvalue weighted by atomic mass is 9.95. The van der Waals surface area contributed by atoms with Gasteiger partial charge in [0, 0.05) is 31.0 Å². The fourth-order valence-corrected chi connectivity index (χ4v) is 5.18. The fraction of sp³-hybridized carbons (Fsp3) is 0.440. The second-order valence-corrected chi connectivity index (χ2v) is 10.4. The number of benzene rings is 1. The minimum absolute atomic E-state index is 0.0283. The van der Waals surface area contributed by atoms with E-state index in [1.165, 1.54) is 0 Å². The van der Waals surface area contributed by atoms with Gasteiger partial charge in [-0.2, -0.15) is 5.26 Å². The highest BCUT2D eigenvalue weighted by Gasteiger charge is 2.29. The van der Waals surface area contributed by atoms with Gasteiger partial charge in [0.05, 0.1) is 17.0 Å². The topological polar surface area (TPSA) is 120 Å². The number of aryl methyl sites for hydroxylation is 2. The Morgan fingerprint density at radius 2 is 1.88 bits per heavy atom. The predicted molar refractivity (Wildman–Crippen MR) is 130 cm³/mol. The molecule has 2 heterocycles. The number of amides is 1. The summed E-state index contributed by atoms with van der Waals surface area (Å²) in [5.74, 6) is -0.598. The van der Waals surface area contributed by atoms with Gasteiger partial charge in [-0.05, 0) is 44.2 Å².